The van der Waals surface area contributed by atoms with E-state index < -0.39 is 0 Å². The minimum atomic E-state index is -0.000182. The first kappa shape index (κ1) is 12.7. The van der Waals surface area contributed by atoms with E-state index in [1.54, 1.807) is 0 Å². The van der Waals surface area contributed by atoms with Crippen molar-refractivity contribution in [2.24, 2.45) is 0 Å². The Hall–Kier alpha value is -1.77. The van der Waals surface area contributed by atoms with Crippen LogP contribution in [0.1, 0.15) is 42.2 Å². The molecule has 0 saturated carbocycles. The van der Waals surface area contributed by atoms with E-state index in [0.717, 1.165) is 35.9 Å². The zero-order chi connectivity index (χ0) is 13.0. The Morgan fingerprint density at radius 3 is 2.78 bits per heavy atom. The Kier molecular flexibility index (Phi) is 4.03. The van der Waals surface area contributed by atoms with Crippen molar-refractivity contribution in [1.29, 1.82) is 0 Å². The summed E-state index contributed by atoms with van der Waals surface area (Å²) in [5, 5.41) is 4.09. The SMILES string of the molecule is CCCCCNC(=O)c1[nH]c2ccccc2c1C. The molecule has 0 bridgehead atoms. The third-order valence-electron chi connectivity index (χ3n) is 3.26. The van der Waals surface area contributed by atoms with E-state index in [0.29, 0.717) is 5.69 Å². The third kappa shape index (κ3) is 2.55. The van der Waals surface area contributed by atoms with Crippen molar-refractivity contribution in [2.75, 3.05) is 6.54 Å². The molecule has 1 heterocycles. The van der Waals surface area contributed by atoms with Gasteiger partial charge < -0.3 is 10.3 Å². The molecule has 0 saturated heterocycles. The van der Waals surface area contributed by atoms with Gasteiger partial charge in [0.2, 0.25) is 0 Å². The van der Waals surface area contributed by atoms with Crippen LogP contribution < -0.4 is 5.32 Å². The molecule has 0 aliphatic rings. The number of hydrogen-bond acceptors (Lipinski definition) is 1. The fourth-order valence-corrected chi connectivity index (χ4v) is 2.17. The maximum Gasteiger partial charge on any atom is 0.268 e. The van der Waals surface area contributed by atoms with Gasteiger partial charge in [0.25, 0.3) is 5.91 Å². The molecule has 1 aromatic carbocycles. The van der Waals surface area contributed by atoms with Gasteiger partial charge in [0.05, 0.1) is 0 Å². The van der Waals surface area contributed by atoms with Crippen molar-refractivity contribution >= 4 is 16.8 Å². The average Bonchev–Trinajstić information content (AvgIpc) is 2.73. The number of carbonyl (C=O) groups excluding carboxylic acids is 1. The number of fused-ring (bicyclic) bond motifs is 1. The van der Waals surface area contributed by atoms with Crippen LogP contribution in [0.5, 0.6) is 0 Å². The van der Waals surface area contributed by atoms with E-state index in [-0.39, 0.29) is 5.91 Å². The Labute approximate surface area is 108 Å². The Morgan fingerprint density at radius 2 is 2.06 bits per heavy atom. The highest BCUT2D eigenvalue weighted by molar-refractivity contribution is 6.00. The minimum absolute atomic E-state index is 0.000182. The Balaban J connectivity index is 2.10. The number of rotatable bonds is 5. The first-order chi connectivity index (χ1) is 8.74. The van der Waals surface area contributed by atoms with Crippen LogP contribution in [0.15, 0.2) is 24.3 Å². The molecule has 0 unspecified atom stereocenters. The summed E-state index contributed by atoms with van der Waals surface area (Å²) in [7, 11) is 0. The maximum absolute atomic E-state index is 12.1. The largest absolute Gasteiger partial charge is 0.351 e. The molecular formula is C15H20N2O. The number of carbonyl (C=O) groups is 1. The van der Waals surface area contributed by atoms with Crippen LogP contribution in [0.3, 0.4) is 0 Å². The van der Waals surface area contributed by atoms with Gasteiger partial charge in [0.1, 0.15) is 5.69 Å². The monoisotopic (exact) mass is 244 g/mol. The first-order valence-corrected chi connectivity index (χ1v) is 6.59. The number of amides is 1. The predicted molar refractivity (Wildman–Crippen MR) is 74.9 cm³/mol. The summed E-state index contributed by atoms with van der Waals surface area (Å²) in [4.78, 5) is 15.2. The molecule has 0 radical (unpaired) electrons. The molecule has 0 aliphatic carbocycles. The first-order valence-electron chi connectivity index (χ1n) is 6.59. The Morgan fingerprint density at radius 1 is 1.28 bits per heavy atom. The van der Waals surface area contributed by atoms with Gasteiger partial charge in [-0.3, -0.25) is 4.79 Å². The molecule has 96 valence electrons. The normalized spacial score (nSPS) is 10.8. The summed E-state index contributed by atoms with van der Waals surface area (Å²) in [5.41, 5.74) is 2.74. The second-order valence-corrected chi connectivity index (χ2v) is 4.63. The van der Waals surface area contributed by atoms with Crippen LogP contribution in [0.2, 0.25) is 0 Å². The van der Waals surface area contributed by atoms with Crippen LogP contribution in [0.4, 0.5) is 0 Å². The van der Waals surface area contributed by atoms with Gasteiger partial charge in [-0.15, -0.1) is 0 Å². The number of aromatic nitrogens is 1. The summed E-state index contributed by atoms with van der Waals surface area (Å²) in [5.74, 6) is -0.000182. The lowest BCUT2D eigenvalue weighted by molar-refractivity contribution is 0.0948. The summed E-state index contributed by atoms with van der Waals surface area (Å²) in [6.45, 7) is 4.89. The van der Waals surface area contributed by atoms with E-state index in [1.807, 2.05) is 31.2 Å². The average molecular weight is 244 g/mol. The minimum Gasteiger partial charge on any atom is -0.351 e. The van der Waals surface area contributed by atoms with Crippen molar-refractivity contribution in [3.63, 3.8) is 0 Å². The molecule has 1 aromatic heterocycles. The second-order valence-electron chi connectivity index (χ2n) is 4.63. The van der Waals surface area contributed by atoms with Gasteiger partial charge in [-0.25, -0.2) is 0 Å². The zero-order valence-electron chi connectivity index (χ0n) is 11.0. The van der Waals surface area contributed by atoms with Crippen molar-refractivity contribution in [2.45, 2.75) is 33.1 Å². The van der Waals surface area contributed by atoms with Gasteiger partial charge in [-0.2, -0.15) is 0 Å². The summed E-state index contributed by atoms with van der Waals surface area (Å²) < 4.78 is 0. The molecule has 0 atom stereocenters. The molecule has 0 spiro atoms. The smallest absolute Gasteiger partial charge is 0.268 e. The van der Waals surface area contributed by atoms with Gasteiger partial charge in [0.15, 0.2) is 0 Å². The number of nitrogens with one attached hydrogen (secondary N) is 2. The number of aromatic amines is 1. The van der Waals surface area contributed by atoms with Crippen molar-refractivity contribution in [1.82, 2.24) is 10.3 Å². The summed E-state index contributed by atoms with van der Waals surface area (Å²) >= 11 is 0. The van der Waals surface area contributed by atoms with Crippen LogP contribution in [-0.4, -0.2) is 17.4 Å². The number of hydrogen-bond donors (Lipinski definition) is 2. The molecule has 0 fully saturated rings. The molecule has 0 aliphatic heterocycles. The van der Waals surface area contributed by atoms with Crippen LogP contribution in [-0.2, 0) is 0 Å². The number of H-pyrrole nitrogens is 1. The lowest BCUT2D eigenvalue weighted by Crippen LogP contribution is -2.25. The molecule has 2 rings (SSSR count). The van der Waals surface area contributed by atoms with Gasteiger partial charge in [0, 0.05) is 17.4 Å². The standard InChI is InChI=1S/C15H20N2O/c1-3-4-7-10-16-15(18)14-11(2)12-8-5-6-9-13(12)17-14/h5-6,8-9,17H,3-4,7,10H2,1-2H3,(H,16,18). The van der Waals surface area contributed by atoms with Crippen molar-refractivity contribution < 1.29 is 4.79 Å². The molecule has 2 N–H and O–H groups in total. The fraction of sp³-hybridized carbons (Fsp3) is 0.400. The number of unbranched alkanes of at least 4 members (excludes halogenated alkanes) is 2. The lowest BCUT2D eigenvalue weighted by atomic mass is 10.1. The van der Waals surface area contributed by atoms with E-state index >= 15 is 0 Å². The third-order valence-corrected chi connectivity index (χ3v) is 3.26. The lowest BCUT2D eigenvalue weighted by Gasteiger charge is -2.03. The number of para-hydroxylation sites is 1. The molecular weight excluding hydrogens is 224 g/mol. The second kappa shape index (κ2) is 5.71. The van der Waals surface area contributed by atoms with E-state index in [9.17, 15) is 4.79 Å². The zero-order valence-corrected chi connectivity index (χ0v) is 11.0. The molecule has 1 amide bonds. The van der Waals surface area contributed by atoms with Crippen LogP contribution in [0, 0.1) is 6.92 Å². The van der Waals surface area contributed by atoms with Gasteiger partial charge >= 0.3 is 0 Å². The highest BCUT2D eigenvalue weighted by atomic mass is 16.1. The van der Waals surface area contributed by atoms with Crippen LogP contribution >= 0.6 is 0 Å². The van der Waals surface area contributed by atoms with E-state index in [1.165, 1.54) is 6.42 Å². The van der Waals surface area contributed by atoms with Gasteiger partial charge in [-0.1, -0.05) is 38.0 Å². The van der Waals surface area contributed by atoms with E-state index in [4.69, 9.17) is 0 Å². The van der Waals surface area contributed by atoms with Gasteiger partial charge in [-0.05, 0) is 25.0 Å². The van der Waals surface area contributed by atoms with E-state index in [2.05, 4.69) is 17.2 Å². The number of aryl methyl sites for hydroxylation is 1. The summed E-state index contributed by atoms with van der Waals surface area (Å²) in [6.07, 6.45) is 3.37. The highest BCUT2D eigenvalue weighted by Gasteiger charge is 2.13. The predicted octanol–water partition coefficient (Wildman–Crippen LogP) is 3.40. The fourth-order valence-electron chi connectivity index (χ4n) is 2.17. The maximum atomic E-state index is 12.1. The topological polar surface area (TPSA) is 44.9 Å². The Bertz CT molecular complexity index is 542. The molecule has 18 heavy (non-hydrogen) atoms. The van der Waals surface area contributed by atoms with Crippen molar-refractivity contribution in [3.05, 3.63) is 35.5 Å². The number of benzene rings is 1. The molecule has 2 aromatic rings. The van der Waals surface area contributed by atoms with Crippen molar-refractivity contribution in [3.8, 4) is 0 Å². The molecule has 3 heteroatoms. The summed E-state index contributed by atoms with van der Waals surface area (Å²) in [6, 6.07) is 8.00. The van der Waals surface area contributed by atoms with Crippen LogP contribution in [0.25, 0.3) is 10.9 Å². The highest BCUT2D eigenvalue weighted by Crippen LogP contribution is 2.20. The quantitative estimate of drug-likeness (QED) is 0.778. The molecule has 3 nitrogen and oxygen atoms in total.